The summed E-state index contributed by atoms with van der Waals surface area (Å²) in [5, 5.41) is 11.7. The van der Waals surface area contributed by atoms with Gasteiger partial charge < -0.3 is 15.3 Å². The molecule has 1 fully saturated rings. The summed E-state index contributed by atoms with van der Waals surface area (Å²) in [6, 6.07) is 3.44. The first-order valence-corrected chi connectivity index (χ1v) is 7.76. The molecule has 2 rings (SSSR count). The number of rotatable bonds is 5. The summed E-state index contributed by atoms with van der Waals surface area (Å²) >= 11 is 7.34. The Kier molecular flexibility index (Phi) is 5.25. The monoisotopic (exact) mass is 316 g/mol. The maximum atomic E-state index is 12.0. The van der Waals surface area contributed by atoms with Gasteiger partial charge in [-0.25, -0.2) is 4.79 Å². The normalized spacial score (nSPS) is 18.2. The van der Waals surface area contributed by atoms with Crippen molar-refractivity contribution in [1.82, 2.24) is 10.2 Å². The Hall–Kier alpha value is -1.27. The number of nitrogens with zero attached hydrogens (tertiary/aromatic N) is 1. The first-order valence-electron chi connectivity index (χ1n) is 6.56. The number of hydrogen-bond acceptors (Lipinski definition) is 3. The second-order valence-corrected chi connectivity index (χ2v) is 6.57. The van der Waals surface area contributed by atoms with Gasteiger partial charge in [0.25, 0.3) is 0 Å². The summed E-state index contributed by atoms with van der Waals surface area (Å²) in [6.07, 6.45) is 2.39. The van der Waals surface area contributed by atoms with Crippen molar-refractivity contribution < 1.29 is 14.7 Å². The summed E-state index contributed by atoms with van der Waals surface area (Å²) < 4.78 is 0.743. The average Bonchev–Trinajstić information content (AvgIpc) is 2.98. The molecule has 1 unspecified atom stereocenters. The molecule has 5 nitrogen and oxygen atoms in total. The predicted molar refractivity (Wildman–Crippen MR) is 78.4 cm³/mol. The molecule has 0 aromatic carbocycles. The van der Waals surface area contributed by atoms with Crippen LogP contribution in [0.25, 0.3) is 0 Å². The SMILES string of the molecule is O=C(O)CC1CCCN1C(=O)NCCc1ccc(Cl)s1. The third-order valence-corrected chi connectivity index (χ3v) is 4.62. The van der Waals surface area contributed by atoms with Crippen LogP contribution in [0.5, 0.6) is 0 Å². The molecule has 110 valence electrons. The quantitative estimate of drug-likeness (QED) is 0.877. The fourth-order valence-electron chi connectivity index (χ4n) is 2.40. The molecule has 1 aromatic rings. The van der Waals surface area contributed by atoms with E-state index in [1.807, 2.05) is 12.1 Å². The van der Waals surface area contributed by atoms with Gasteiger partial charge in [0.15, 0.2) is 0 Å². The Morgan fingerprint density at radius 3 is 2.95 bits per heavy atom. The lowest BCUT2D eigenvalue weighted by Gasteiger charge is -2.23. The molecule has 0 bridgehead atoms. The number of carbonyl (C=O) groups excluding carboxylic acids is 1. The minimum atomic E-state index is -0.858. The Balaban J connectivity index is 1.77. The van der Waals surface area contributed by atoms with Crippen molar-refractivity contribution in [3.05, 3.63) is 21.3 Å². The molecular weight excluding hydrogens is 300 g/mol. The number of carbonyl (C=O) groups is 2. The second-order valence-electron chi connectivity index (χ2n) is 4.78. The third-order valence-electron chi connectivity index (χ3n) is 3.32. The number of halogens is 1. The lowest BCUT2D eigenvalue weighted by Crippen LogP contribution is -2.44. The average molecular weight is 317 g/mol. The Labute approximate surface area is 126 Å². The Morgan fingerprint density at radius 2 is 2.30 bits per heavy atom. The van der Waals surface area contributed by atoms with Crippen LogP contribution in [0, 0.1) is 0 Å². The van der Waals surface area contributed by atoms with E-state index in [9.17, 15) is 9.59 Å². The highest BCUT2D eigenvalue weighted by Crippen LogP contribution is 2.22. The topological polar surface area (TPSA) is 69.6 Å². The van der Waals surface area contributed by atoms with E-state index in [2.05, 4.69) is 5.32 Å². The molecular formula is C13H17ClN2O3S. The van der Waals surface area contributed by atoms with Gasteiger partial charge in [-0.3, -0.25) is 4.79 Å². The zero-order valence-corrected chi connectivity index (χ0v) is 12.5. The first-order chi connectivity index (χ1) is 9.56. The highest BCUT2D eigenvalue weighted by molar-refractivity contribution is 7.16. The van der Waals surface area contributed by atoms with Gasteiger partial charge in [0.1, 0.15) is 0 Å². The summed E-state index contributed by atoms with van der Waals surface area (Å²) in [7, 11) is 0. The van der Waals surface area contributed by atoms with E-state index in [0.717, 1.165) is 28.5 Å². The molecule has 0 radical (unpaired) electrons. The van der Waals surface area contributed by atoms with Crippen molar-refractivity contribution >= 4 is 34.9 Å². The van der Waals surface area contributed by atoms with Gasteiger partial charge in [-0.1, -0.05) is 11.6 Å². The smallest absolute Gasteiger partial charge is 0.317 e. The summed E-state index contributed by atoms with van der Waals surface area (Å²) in [5.74, 6) is -0.858. The van der Waals surface area contributed by atoms with Crippen molar-refractivity contribution in [2.75, 3.05) is 13.1 Å². The summed E-state index contributed by atoms with van der Waals surface area (Å²) in [4.78, 5) is 25.5. The van der Waals surface area contributed by atoms with Gasteiger partial charge in [0, 0.05) is 24.0 Å². The van der Waals surface area contributed by atoms with Crippen LogP contribution in [0.4, 0.5) is 4.79 Å². The summed E-state index contributed by atoms with van der Waals surface area (Å²) in [5.41, 5.74) is 0. The Bertz CT molecular complexity index is 492. The van der Waals surface area contributed by atoms with E-state index in [4.69, 9.17) is 16.7 Å². The van der Waals surface area contributed by atoms with Crippen LogP contribution in [0.3, 0.4) is 0 Å². The molecule has 2 N–H and O–H groups in total. The largest absolute Gasteiger partial charge is 0.481 e. The van der Waals surface area contributed by atoms with Crippen molar-refractivity contribution in [2.45, 2.75) is 31.7 Å². The Morgan fingerprint density at radius 1 is 1.50 bits per heavy atom. The zero-order valence-electron chi connectivity index (χ0n) is 11.0. The van der Waals surface area contributed by atoms with Crippen LogP contribution in [-0.4, -0.2) is 41.1 Å². The van der Waals surface area contributed by atoms with E-state index in [0.29, 0.717) is 13.1 Å². The fourth-order valence-corrected chi connectivity index (χ4v) is 3.48. The predicted octanol–water partition coefficient (Wildman–Crippen LogP) is 2.59. The van der Waals surface area contributed by atoms with Crippen LogP contribution in [0.1, 0.15) is 24.1 Å². The molecule has 1 atom stereocenters. The van der Waals surface area contributed by atoms with E-state index < -0.39 is 5.97 Å². The van der Waals surface area contributed by atoms with Gasteiger partial charge >= 0.3 is 12.0 Å². The molecule has 2 heterocycles. The van der Waals surface area contributed by atoms with Crippen molar-refractivity contribution in [3.8, 4) is 0 Å². The van der Waals surface area contributed by atoms with Gasteiger partial charge in [0.05, 0.1) is 10.8 Å². The highest BCUT2D eigenvalue weighted by Gasteiger charge is 2.30. The number of thiophene rings is 1. The lowest BCUT2D eigenvalue weighted by molar-refractivity contribution is -0.137. The maximum absolute atomic E-state index is 12.0. The minimum absolute atomic E-state index is 0.0218. The van der Waals surface area contributed by atoms with Crippen LogP contribution >= 0.6 is 22.9 Å². The lowest BCUT2D eigenvalue weighted by atomic mass is 10.1. The standard InChI is InChI=1S/C13H17ClN2O3S/c14-11-4-3-10(20-11)5-6-15-13(19)16-7-1-2-9(16)8-12(17)18/h3-4,9H,1-2,5-8H2,(H,15,19)(H,17,18). The highest BCUT2D eigenvalue weighted by atomic mass is 35.5. The van der Waals surface area contributed by atoms with E-state index in [1.165, 1.54) is 11.3 Å². The number of amides is 2. The molecule has 0 spiro atoms. The van der Waals surface area contributed by atoms with Gasteiger partial charge in [-0.2, -0.15) is 0 Å². The molecule has 20 heavy (non-hydrogen) atoms. The second kappa shape index (κ2) is 6.95. The summed E-state index contributed by atoms with van der Waals surface area (Å²) in [6.45, 7) is 1.17. The van der Waals surface area contributed by atoms with Crippen LogP contribution in [0.15, 0.2) is 12.1 Å². The first kappa shape index (κ1) is 15.1. The molecule has 2 amide bonds. The van der Waals surface area contributed by atoms with Crippen LogP contribution < -0.4 is 5.32 Å². The molecule has 1 aromatic heterocycles. The number of hydrogen-bond donors (Lipinski definition) is 2. The van der Waals surface area contributed by atoms with Crippen molar-refractivity contribution in [3.63, 3.8) is 0 Å². The number of nitrogens with one attached hydrogen (secondary N) is 1. The molecule has 7 heteroatoms. The van der Waals surface area contributed by atoms with Gasteiger partial charge in [-0.15, -0.1) is 11.3 Å². The number of carboxylic acid groups (broad SMARTS) is 1. The van der Waals surface area contributed by atoms with Gasteiger partial charge in [0.2, 0.25) is 0 Å². The third kappa shape index (κ3) is 4.11. The van der Waals surface area contributed by atoms with Crippen molar-refractivity contribution in [1.29, 1.82) is 0 Å². The molecule has 1 aliphatic rings. The minimum Gasteiger partial charge on any atom is -0.481 e. The van der Waals surface area contributed by atoms with E-state index >= 15 is 0 Å². The number of carboxylic acids is 1. The van der Waals surface area contributed by atoms with Crippen LogP contribution in [-0.2, 0) is 11.2 Å². The van der Waals surface area contributed by atoms with Gasteiger partial charge in [-0.05, 0) is 31.4 Å². The van der Waals surface area contributed by atoms with Crippen molar-refractivity contribution in [2.24, 2.45) is 0 Å². The maximum Gasteiger partial charge on any atom is 0.317 e. The molecule has 1 saturated heterocycles. The fraction of sp³-hybridized carbons (Fsp3) is 0.538. The molecule has 0 saturated carbocycles. The van der Waals surface area contributed by atoms with E-state index in [-0.39, 0.29) is 18.5 Å². The molecule has 0 aliphatic carbocycles. The van der Waals surface area contributed by atoms with Crippen LogP contribution in [0.2, 0.25) is 4.34 Å². The number of urea groups is 1. The number of likely N-dealkylation sites (tertiary alicyclic amines) is 1. The van der Waals surface area contributed by atoms with E-state index in [1.54, 1.807) is 4.90 Å². The molecule has 1 aliphatic heterocycles. The zero-order chi connectivity index (χ0) is 14.5. The number of aliphatic carboxylic acids is 1.